The van der Waals surface area contributed by atoms with Crippen molar-refractivity contribution in [3.63, 3.8) is 0 Å². The van der Waals surface area contributed by atoms with E-state index < -0.39 is 5.41 Å². The molecule has 2 atom stereocenters. The number of anilines is 1. The van der Waals surface area contributed by atoms with Crippen LogP contribution in [0.3, 0.4) is 0 Å². The Morgan fingerprint density at radius 2 is 2.19 bits per heavy atom. The summed E-state index contributed by atoms with van der Waals surface area (Å²) in [6, 6.07) is 10.1. The number of aromatic nitrogens is 2. The molecule has 0 saturated carbocycles. The number of carbonyl (C=O) groups is 1. The number of ether oxygens (including phenoxy) is 1. The second kappa shape index (κ2) is 7.64. The zero-order valence-corrected chi connectivity index (χ0v) is 15.7. The van der Waals surface area contributed by atoms with Crippen LogP contribution < -0.4 is 10.6 Å². The van der Waals surface area contributed by atoms with Crippen LogP contribution in [0.15, 0.2) is 36.5 Å². The van der Waals surface area contributed by atoms with Gasteiger partial charge in [-0.1, -0.05) is 30.3 Å². The van der Waals surface area contributed by atoms with E-state index in [-0.39, 0.29) is 12.0 Å². The summed E-state index contributed by atoms with van der Waals surface area (Å²) in [6.45, 7) is 4.01. The average Bonchev–Trinajstić information content (AvgIpc) is 3.34. The number of nitrogens with one attached hydrogen (secondary N) is 2. The van der Waals surface area contributed by atoms with Crippen LogP contribution in [-0.2, 0) is 27.9 Å². The molecule has 142 valence electrons. The van der Waals surface area contributed by atoms with Gasteiger partial charge >= 0.3 is 0 Å². The van der Waals surface area contributed by atoms with Crippen LogP contribution in [0.1, 0.15) is 43.0 Å². The molecule has 27 heavy (non-hydrogen) atoms. The Labute approximate surface area is 159 Å². The average molecular weight is 366 g/mol. The number of fused-ring (bicyclic) bond motifs is 1. The number of carbonyl (C=O) groups excluding carboxylic acids is 1. The van der Waals surface area contributed by atoms with Gasteiger partial charge in [0.15, 0.2) is 0 Å². The van der Waals surface area contributed by atoms with Gasteiger partial charge in [0, 0.05) is 25.9 Å². The molecule has 1 amide bonds. The molecule has 1 fully saturated rings. The molecule has 2 N–H and O–H groups in total. The Balaban J connectivity index is 1.45. The molecule has 6 nitrogen and oxygen atoms in total. The molecule has 1 saturated heterocycles. The summed E-state index contributed by atoms with van der Waals surface area (Å²) >= 11 is 0. The zero-order chi connectivity index (χ0) is 18.7. The zero-order valence-electron chi connectivity index (χ0n) is 15.7. The first-order valence-electron chi connectivity index (χ1n) is 9.69. The van der Waals surface area contributed by atoms with Gasteiger partial charge in [-0.05, 0) is 43.7 Å². The number of rotatable bonds is 6. The lowest BCUT2D eigenvalue weighted by Gasteiger charge is -2.24. The fraction of sp³-hybridized carbons (Fsp3) is 0.476. The first-order chi connectivity index (χ1) is 13.1. The minimum Gasteiger partial charge on any atom is -0.376 e. The smallest absolute Gasteiger partial charge is 0.232 e. The molecule has 2 aromatic rings. The van der Waals surface area contributed by atoms with Gasteiger partial charge < -0.3 is 15.4 Å². The number of hydrogen-bond donors (Lipinski definition) is 2. The van der Waals surface area contributed by atoms with Crippen molar-refractivity contribution in [2.24, 2.45) is 0 Å². The highest BCUT2D eigenvalue weighted by Crippen LogP contribution is 2.37. The number of amides is 1. The van der Waals surface area contributed by atoms with Crippen LogP contribution in [0.2, 0.25) is 0 Å². The molecular weight excluding hydrogens is 340 g/mol. The first-order valence-corrected chi connectivity index (χ1v) is 9.69. The summed E-state index contributed by atoms with van der Waals surface area (Å²) in [4.78, 5) is 22.1. The monoisotopic (exact) mass is 366 g/mol. The molecule has 0 spiro atoms. The van der Waals surface area contributed by atoms with E-state index in [4.69, 9.17) is 9.72 Å². The Kier molecular flexibility index (Phi) is 5.07. The number of nitrogens with zero attached hydrogens (tertiary/aromatic N) is 2. The Bertz CT molecular complexity index is 805. The van der Waals surface area contributed by atoms with E-state index in [1.807, 2.05) is 31.3 Å². The second-order valence-electron chi connectivity index (χ2n) is 7.58. The van der Waals surface area contributed by atoms with Crippen LogP contribution in [0.5, 0.6) is 0 Å². The van der Waals surface area contributed by atoms with Gasteiger partial charge in [0.05, 0.1) is 17.2 Å². The number of aryl methyl sites for hydroxylation is 1. The highest BCUT2D eigenvalue weighted by atomic mass is 16.5. The van der Waals surface area contributed by atoms with Gasteiger partial charge in [0.25, 0.3) is 0 Å². The van der Waals surface area contributed by atoms with Gasteiger partial charge in [-0.15, -0.1) is 0 Å². The summed E-state index contributed by atoms with van der Waals surface area (Å²) in [5.74, 6) is 0.599. The topological polar surface area (TPSA) is 76.1 Å². The maximum atomic E-state index is 12.9. The van der Waals surface area contributed by atoms with Crippen molar-refractivity contribution in [1.29, 1.82) is 0 Å². The highest BCUT2D eigenvalue weighted by molar-refractivity contribution is 5.88. The second-order valence-corrected chi connectivity index (χ2v) is 7.58. The van der Waals surface area contributed by atoms with Gasteiger partial charge in [-0.25, -0.2) is 9.97 Å². The molecule has 1 aliphatic heterocycles. The Hall–Kier alpha value is -2.47. The molecule has 0 bridgehead atoms. The number of benzene rings is 1. The summed E-state index contributed by atoms with van der Waals surface area (Å²) in [5.41, 5.74) is 2.46. The first kappa shape index (κ1) is 17.9. The Morgan fingerprint density at radius 1 is 1.33 bits per heavy atom. The van der Waals surface area contributed by atoms with Gasteiger partial charge in [0.1, 0.15) is 0 Å². The fourth-order valence-electron chi connectivity index (χ4n) is 3.86. The van der Waals surface area contributed by atoms with Crippen molar-refractivity contribution < 1.29 is 9.53 Å². The van der Waals surface area contributed by atoms with Crippen molar-refractivity contribution >= 4 is 11.9 Å². The van der Waals surface area contributed by atoms with E-state index >= 15 is 0 Å². The standard InChI is InChI=1S/C21H26N4O2/c1-21(19(26)22-14-17-8-5-11-27-17)10-9-16-13-24-20(25-18(16)21)23-12-15-6-3-2-4-7-15/h2-4,6-7,13,17H,5,8-12,14H2,1H3,(H,22,26)(H,23,24,25). The lowest BCUT2D eigenvalue weighted by atomic mass is 9.86. The summed E-state index contributed by atoms with van der Waals surface area (Å²) in [5, 5.41) is 6.35. The molecule has 0 radical (unpaired) electrons. The third-order valence-electron chi connectivity index (χ3n) is 5.59. The maximum Gasteiger partial charge on any atom is 0.232 e. The van der Waals surface area contributed by atoms with Crippen molar-refractivity contribution in [1.82, 2.24) is 15.3 Å². The predicted octanol–water partition coefficient (Wildman–Crippen LogP) is 2.59. The van der Waals surface area contributed by atoms with E-state index in [0.29, 0.717) is 19.0 Å². The third kappa shape index (κ3) is 3.81. The van der Waals surface area contributed by atoms with Crippen LogP contribution in [0.4, 0.5) is 5.95 Å². The minimum absolute atomic E-state index is 0.0319. The van der Waals surface area contributed by atoms with E-state index in [1.165, 1.54) is 5.56 Å². The Morgan fingerprint density at radius 3 is 2.96 bits per heavy atom. The van der Waals surface area contributed by atoms with Crippen LogP contribution >= 0.6 is 0 Å². The summed E-state index contributed by atoms with van der Waals surface area (Å²) in [7, 11) is 0. The maximum absolute atomic E-state index is 12.9. The lowest BCUT2D eigenvalue weighted by molar-refractivity contribution is -0.126. The molecule has 2 heterocycles. The van der Waals surface area contributed by atoms with Crippen molar-refractivity contribution in [2.45, 2.75) is 50.7 Å². The van der Waals surface area contributed by atoms with Crippen molar-refractivity contribution in [3.05, 3.63) is 53.3 Å². The quantitative estimate of drug-likeness (QED) is 0.822. The van der Waals surface area contributed by atoms with E-state index in [1.54, 1.807) is 0 Å². The van der Waals surface area contributed by atoms with Gasteiger partial charge in [-0.2, -0.15) is 0 Å². The van der Waals surface area contributed by atoms with Gasteiger partial charge in [0.2, 0.25) is 11.9 Å². The van der Waals surface area contributed by atoms with E-state index in [9.17, 15) is 4.79 Å². The van der Waals surface area contributed by atoms with Crippen molar-refractivity contribution in [3.8, 4) is 0 Å². The van der Waals surface area contributed by atoms with Gasteiger partial charge in [-0.3, -0.25) is 4.79 Å². The fourth-order valence-corrected chi connectivity index (χ4v) is 3.86. The molecular formula is C21H26N4O2. The molecule has 1 aliphatic carbocycles. The van der Waals surface area contributed by atoms with E-state index in [0.717, 1.165) is 43.5 Å². The number of hydrogen-bond acceptors (Lipinski definition) is 5. The largest absolute Gasteiger partial charge is 0.376 e. The predicted molar refractivity (Wildman–Crippen MR) is 103 cm³/mol. The normalized spacial score (nSPS) is 23.8. The third-order valence-corrected chi connectivity index (χ3v) is 5.59. The lowest BCUT2D eigenvalue weighted by Crippen LogP contribution is -2.44. The van der Waals surface area contributed by atoms with Crippen LogP contribution in [0, 0.1) is 0 Å². The highest BCUT2D eigenvalue weighted by Gasteiger charge is 2.43. The summed E-state index contributed by atoms with van der Waals surface area (Å²) in [6.07, 6.45) is 5.68. The van der Waals surface area contributed by atoms with E-state index in [2.05, 4.69) is 27.8 Å². The van der Waals surface area contributed by atoms with Crippen LogP contribution in [-0.4, -0.2) is 35.1 Å². The molecule has 2 unspecified atom stereocenters. The SMILES string of the molecule is CC1(C(=O)NCC2CCCO2)CCc2cnc(NCc3ccccc3)nc21. The van der Waals surface area contributed by atoms with Crippen LogP contribution in [0.25, 0.3) is 0 Å². The molecule has 2 aliphatic rings. The molecule has 1 aromatic carbocycles. The summed E-state index contributed by atoms with van der Waals surface area (Å²) < 4.78 is 5.61. The molecule has 1 aromatic heterocycles. The van der Waals surface area contributed by atoms with Crippen molar-refractivity contribution in [2.75, 3.05) is 18.5 Å². The molecule has 4 rings (SSSR count). The molecule has 6 heteroatoms. The minimum atomic E-state index is -0.611.